The summed E-state index contributed by atoms with van der Waals surface area (Å²) in [4.78, 5) is 32.8. The molecule has 2 aromatic rings. The Hall–Kier alpha value is -2.80. The maximum absolute atomic E-state index is 13.3. The summed E-state index contributed by atoms with van der Waals surface area (Å²) in [6, 6.07) is 2.86. The van der Waals surface area contributed by atoms with Crippen molar-refractivity contribution in [2.45, 2.75) is 0 Å². The van der Waals surface area contributed by atoms with Gasteiger partial charge in [0.2, 0.25) is 0 Å². The summed E-state index contributed by atoms with van der Waals surface area (Å²) in [5.74, 6) is -6.29. The molecule has 1 aliphatic rings. The minimum Gasteiger partial charge on any atom is -0.411 e. The minimum atomic E-state index is -0.973. The molecular weight excluding hydrogens is 534 g/mol. The second-order valence-corrected chi connectivity index (χ2v) is 6.73. The molecular formula is C16H7Br2F4N3O4. The van der Waals surface area contributed by atoms with Crippen LogP contribution in [0, 0.1) is 23.3 Å². The number of amides is 2. The van der Waals surface area contributed by atoms with E-state index in [4.69, 9.17) is 5.21 Å². The molecule has 3 rings (SSSR count). The van der Waals surface area contributed by atoms with Crippen LogP contribution in [-0.2, 0) is 9.59 Å². The molecule has 0 atom stereocenters. The van der Waals surface area contributed by atoms with E-state index in [1.165, 1.54) is 0 Å². The van der Waals surface area contributed by atoms with Crippen LogP contribution >= 0.6 is 31.9 Å². The number of halogens is 6. The van der Waals surface area contributed by atoms with E-state index in [-0.39, 0.29) is 21.4 Å². The van der Waals surface area contributed by atoms with Crippen LogP contribution in [0.15, 0.2) is 32.3 Å². The number of oxime groups is 1. The Morgan fingerprint density at radius 3 is 2.31 bits per heavy atom. The first kappa shape index (κ1) is 22.5. The summed E-state index contributed by atoms with van der Waals surface area (Å²) in [5.41, 5.74) is -0.755. The maximum Gasteiger partial charge on any atom is 0.296 e. The molecule has 1 aliphatic heterocycles. The number of anilines is 2. The predicted octanol–water partition coefficient (Wildman–Crippen LogP) is 3.99. The lowest BCUT2D eigenvalue weighted by molar-refractivity contribution is -0.112. The summed E-state index contributed by atoms with van der Waals surface area (Å²) in [5, 5.41) is 14.6. The van der Waals surface area contributed by atoms with E-state index in [0.29, 0.717) is 6.21 Å². The molecule has 0 bridgehead atoms. The summed E-state index contributed by atoms with van der Waals surface area (Å²) >= 11 is 5.33. The van der Waals surface area contributed by atoms with E-state index in [1.54, 1.807) is 0 Å². The first-order chi connectivity index (χ1) is 13.6. The standard InChI is InChI=1S/C8H5BrF2N2O2.C8H2BrF2NO2/c9-7-4(10)1-2-5(8(7)11)13-6(14)3-12-15;9-4-3(10)1-2-6(5(4)11)12-8(14)7(2)13/h1-3,15H,(H,13,14);1H,(H,12,13,14). The lowest BCUT2D eigenvalue weighted by atomic mass is 10.1. The first-order valence-electron chi connectivity index (χ1n) is 7.23. The van der Waals surface area contributed by atoms with Crippen LogP contribution in [-0.4, -0.2) is 29.0 Å². The van der Waals surface area contributed by atoms with Crippen molar-refractivity contribution >= 4 is 67.0 Å². The molecule has 0 saturated heterocycles. The van der Waals surface area contributed by atoms with Gasteiger partial charge in [-0.1, -0.05) is 5.16 Å². The summed E-state index contributed by atoms with van der Waals surface area (Å²) in [6.45, 7) is 0. The number of carbonyl (C=O) groups excluding carboxylic acids is 3. The highest BCUT2D eigenvalue weighted by molar-refractivity contribution is 9.10. The van der Waals surface area contributed by atoms with Gasteiger partial charge in [-0.05, 0) is 50.1 Å². The van der Waals surface area contributed by atoms with Crippen molar-refractivity contribution in [3.05, 3.63) is 56.0 Å². The smallest absolute Gasteiger partial charge is 0.296 e. The van der Waals surface area contributed by atoms with Gasteiger partial charge >= 0.3 is 0 Å². The molecule has 0 aliphatic carbocycles. The van der Waals surface area contributed by atoms with Crippen molar-refractivity contribution in [1.82, 2.24) is 0 Å². The summed E-state index contributed by atoms with van der Waals surface area (Å²) in [6.07, 6.45) is 0.552. The quantitative estimate of drug-likeness (QED) is 0.134. The van der Waals surface area contributed by atoms with Gasteiger partial charge in [0.15, 0.2) is 11.6 Å². The molecule has 1 heterocycles. The van der Waals surface area contributed by atoms with Gasteiger partial charge in [0, 0.05) is 0 Å². The number of benzene rings is 2. The van der Waals surface area contributed by atoms with Crippen molar-refractivity contribution in [3.63, 3.8) is 0 Å². The Labute approximate surface area is 176 Å². The fourth-order valence-electron chi connectivity index (χ4n) is 2.03. The highest BCUT2D eigenvalue weighted by Gasteiger charge is 2.32. The zero-order valence-electron chi connectivity index (χ0n) is 13.7. The van der Waals surface area contributed by atoms with Crippen LogP contribution < -0.4 is 10.6 Å². The molecule has 0 saturated carbocycles. The van der Waals surface area contributed by atoms with Crippen LogP contribution in [0.2, 0.25) is 0 Å². The average molecular weight is 541 g/mol. The van der Waals surface area contributed by atoms with Gasteiger partial charge in [-0.2, -0.15) is 0 Å². The van der Waals surface area contributed by atoms with E-state index < -0.39 is 45.3 Å². The normalized spacial score (nSPS) is 12.3. The molecule has 152 valence electrons. The lowest BCUT2D eigenvalue weighted by Crippen LogP contribution is -2.14. The Kier molecular flexibility index (Phi) is 7.08. The van der Waals surface area contributed by atoms with Crippen molar-refractivity contribution in [1.29, 1.82) is 0 Å². The van der Waals surface area contributed by atoms with Crippen LogP contribution in [0.1, 0.15) is 10.4 Å². The van der Waals surface area contributed by atoms with Gasteiger partial charge in [0.05, 0.1) is 25.9 Å². The molecule has 0 fully saturated rings. The fraction of sp³-hybridized carbons (Fsp3) is 0. The van der Waals surface area contributed by atoms with Crippen LogP contribution in [0.5, 0.6) is 0 Å². The Balaban J connectivity index is 0.000000207. The third-order valence-corrected chi connectivity index (χ3v) is 4.77. The summed E-state index contributed by atoms with van der Waals surface area (Å²) < 4.78 is 51.5. The van der Waals surface area contributed by atoms with Gasteiger partial charge in [-0.3, -0.25) is 14.4 Å². The third kappa shape index (κ3) is 4.79. The molecule has 3 N–H and O–H groups in total. The van der Waals surface area contributed by atoms with Crippen LogP contribution in [0.3, 0.4) is 0 Å². The molecule has 0 radical (unpaired) electrons. The zero-order valence-corrected chi connectivity index (χ0v) is 16.9. The highest BCUT2D eigenvalue weighted by atomic mass is 79.9. The van der Waals surface area contributed by atoms with E-state index in [2.05, 4.69) is 42.3 Å². The number of rotatable bonds is 2. The molecule has 0 spiro atoms. The maximum atomic E-state index is 13.3. The molecule has 0 aromatic heterocycles. The van der Waals surface area contributed by atoms with E-state index in [1.807, 2.05) is 5.32 Å². The Morgan fingerprint density at radius 2 is 1.69 bits per heavy atom. The van der Waals surface area contributed by atoms with Gasteiger partial charge in [-0.15, -0.1) is 0 Å². The van der Waals surface area contributed by atoms with Gasteiger partial charge in [0.25, 0.3) is 17.6 Å². The SMILES string of the molecule is O=C(C=NO)Nc1ccc(F)c(Br)c1F.O=C1Nc2c(cc(F)c(Br)c2F)C1=O. The number of hydrogen-bond acceptors (Lipinski definition) is 5. The lowest BCUT2D eigenvalue weighted by Gasteiger charge is -2.05. The highest BCUT2D eigenvalue weighted by Crippen LogP contribution is 2.33. The van der Waals surface area contributed by atoms with Crippen molar-refractivity contribution < 1.29 is 37.2 Å². The topological polar surface area (TPSA) is 108 Å². The van der Waals surface area contributed by atoms with E-state index in [9.17, 15) is 31.9 Å². The minimum absolute atomic E-state index is 0.215. The molecule has 7 nitrogen and oxygen atoms in total. The number of ketones is 1. The number of hydrogen-bond donors (Lipinski definition) is 3. The van der Waals surface area contributed by atoms with Gasteiger partial charge in [-0.25, -0.2) is 17.6 Å². The monoisotopic (exact) mass is 539 g/mol. The van der Waals surface area contributed by atoms with E-state index in [0.717, 1.165) is 18.2 Å². The largest absolute Gasteiger partial charge is 0.411 e. The van der Waals surface area contributed by atoms with E-state index >= 15 is 0 Å². The molecule has 29 heavy (non-hydrogen) atoms. The average Bonchev–Trinajstić information content (AvgIpc) is 2.96. The van der Waals surface area contributed by atoms with Crippen molar-refractivity contribution in [2.24, 2.45) is 5.16 Å². The molecule has 13 heteroatoms. The van der Waals surface area contributed by atoms with Gasteiger partial charge < -0.3 is 15.8 Å². The van der Waals surface area contributed by atoms with Crippen LogP contribution in [0.4, 0.5) is 28.9 Å². The predicted molar refractivity (Wildman–Crippen MR) is 100.0 cm³/mol. The number of nitrogens with one attached hydrogen (secondary N) is 2. The molecule has 0 unspecified atom stereocenters. The molecule has 2 amide bonds. The van der Waals surface area contributed by atoms with Crippen LogP contribution in [0.25, 0.3) is 0 Å². The summed E-state index contributed by atoms with van der Waals surface area (Å²) in [7, 11) is 0. The second-order valence-electron chi connectivity index (χ2n) is 5.15. The van der Waals surface area contributed by atoms with Crippen molar-refractivity contribution in [2.75, 3.05) is 10.6 Å². The molecule has 2 aromatic carbocycles. The third-order valence-electron chi connectivity index (χ3n) is 3.32. The number of fused-ring (bicyclic) bond motifs is 1. The Morgan fingerprint density at radius 1 is 1.07 bits per heavy atom. The fourth-order valence-corrected chi connectivity index (χ4v) is 2.69. The number of nitrogens with zero attached hydrogens (tertiary/aromatic N) is 1. The first-order valence-corrected chi connectivity index (χ1v) is 8.82. The number of carbonyl (C=O) groups is 3. The zero-order chi connectivity index (χ0) is 21.9. The Bertz CT molecular complexity index is 1060. The number of Topliss-reactive ketones (excluding diaryl/α,β-unsaturated/α-hetero) is 1. The second kappa shape index (κ2) is 9.13. The van der Waals surface area contributed by atoms with Crippen molar-refractivity contribution in [3.8, 4) is 0 Å². The van der Waals surface area contributed by atoms with Gasteiger partial charge in [0.1, 0.15) is 17.8 Å².